The Hall–Kier alpha value is -3.34. The van der Waals surface area contributed by atoms with Gasteiger partial charge in [-0.1, -0.05) is 0 Å². The summed E-state index contributed by atoms with van der Waals surface area (Å²) in [6.45, 7) is 1.58. The lowest BCUT2D eigenvalue weighted by Gasteiger charge is -2.34. The number of primary amides is 1. The van der Waals surface area contributed by atoms with E-state index < -0.39 is 11.7 Å². The SMILES string of the molecule is COCCNc1cc(C(N)=O)nc(N2CCN(c3cncc(F)c3)C(=O)C2)n1. The fourth-order valence-electron chi connectivity index (χ4n) is 2.74. The molecular weight excluding hydrogens is 369 g/mol. The smallest absolute Gasteiger partial charge is 0.267 e. The maximum Gasteiger partial charge on any atom is 0.267 e. The predicted molar refractivity (Wildman–Crippen MR) is 99.7 cm³/mol. The zero-order valence-electron chi connectivity index (χ0n) is 15.3. The third-order valence-electron chi connectivity index (χ3n) is 4.08. The van der Waals surface area contributed by atoms with Crippen LogP contribution in [-0.4, -0.2) is 66.7 Å². The molecule has 10 nitrogen and oxygen atoms in total. The first kappa shape index (κ1) is 19.4. The van der Waals surface area contributed by atoms with Crippen molar-refractivity contribution in [2.45, 2.75) is 0 Å². The number of nitrogens with two attached hydrogens (primary N) is 1. The molecule has 3 rings (SSSR count). The van der Waals surface area contributed by atoms with Crippen molar-refractivity contribution in [3.8, 4) is 0 Å². The molecule has 0 saturated carbocycles. The molecule has 1 fully saturated rings. The van der Waals surface area contributed by atoms with Crippen LogP contribution in [0.15, 0.2) is 24.5 Å². The molecule has 0 atom stereocenters. The van der Waals surface area contributed by atoms with E-state index in [1.165, 1.54) is 23.2 Å². The molecule has 1 aliphatic rings. The van der Waals surface area contributed by atoms with E-state index in [4.69, 9.17) is 10.5 Å². The normalized spacial score (nSPS) is 14.3. The van der Waals surface area contributed by atoms with Crippen molar-refractivity contribution in [3.05, 3.63) is 36.0 Å². The van der Waals surface area contributed by atoms with Gasteiger partial charge in [0.2, 0.25) is 11.9 Å². The van der Waals surface area contributed by atoms with Gasteiger partial charge in [-0.2, -0.15) is 4.98 Å². The van der Waals surface area contributed by atoms with Crippen LogP contribution in [0.1, 0.15) is 10.5 Å². The number of hydrogen-bond donors (Lipinski definition) is 2. The third-order valence-corrected chi connectivity index (χ3v) is 4.08. The number of nitrogens with zero attached hydrogens (tertiary/aromatic N) is 5. The lowest BCUT2D eigenvalue weighted by molar-refractivity contribution is -0.117. The van der Waals surface area contributed by atoms with Gasteiger partial charge in [0, 0.05) is 38.9 Å². The van der Waals surface area contributed by atoms with E-state index in [0.717, 1.165) is 6.20 Å². The zero-order chi connectivity index (χ0) is 20.1. The molecule has 11 heteroatoms. The number of anilines is 3. The summed E-state index contributed by atoms with van der Waals surface area (Å²) in [4.78, 5) is 39.5. The van der Waals surface area contributed by atoms with Crippen molar-refractivity contribution in [2.75, 3.05) is 55.0 Å². The number of methoxy groups -OCH3 is 1. The molecule has 2 aromatic heterocycles. The minimum atomic E-state index is -0.700. The minimum Gasteiger partial charge on any atom is -0.383 e. The lowest BCUT2D eigenvalue weighted by atomic mass is 10.2. The quantitative estimate of drug-likeness (QED) is 0.635. The van der Waals surface area contributed by atoms with Gasteiger partial charge < -0.3 is 25.6 Å². The van der Waals surface area contributed by atoms with Crippen molar-refractivity contribution in [1.82, 2.24) is 15.0 Å². The second kappa shape index (κ2) is 8.57. The summed E-state index contributed by atoms with van der Waals surface area (Å²) in [5, 5.41) is 3.02. The van der Waals surface area contributed by atoms with Gasteiger partial charge in [-0.25, -0.2) is 9.37 Å². The number of piperazine rings is 1. The molecule has 0 bridgehead atoms. The highest BCUT2D eigenvalue weighted by atomic mass is 19.1. The molecule has 0 unspecified atom stereocenters. The Morgan fingerprint density at radius 2 is 2.14 bits per heavy atom. The van der Waals surface area contributed by atoms with Crippen LogP contribution in [0.4, 0.5) is 21.8 Å². The van der Waals surface area contributed by atoms with Gasteiger partial charge in [0.05, 0.1) is 24.7 Å². The van der Waals surface area contributed by atoms with E-state index in [2.05, 4.69) is 20.3 Å². The van der Waals surface area contributed by atoms with E-state index in [0.29, 0.717) is 37.7 Å². The summed E-state index contributed by atoms with van der Waals surface area (Å²) >= 11 is 0. The molecule has 2 aromatic rings. The van der Waals surface area contributed by atoms with Crippen LogP contribution in [0.2, 0.25) is 0 Å². The molecule has 148 valence electrons. The molecule has 0 aliphatic carbocycles. The number of ether oxygens (including phenoxy) is 1. The molecule has 0 spiro atoms. The molecule has 2 amide bonds. The van der Waals surface area contributed by atoms with E-state index >= 15 is 0 Å². The van der Waals surface area contributed by atoms with E-state index in [-0.39, 0.29) is 24.1 Å². The Kier molecular flexibility index (Phi) is 5.94. The number of amides is 2. The standard InChI is InChI=1S/C17H20FN7O3/c1-28-5-2-21-14-7-13(16(19)27)22-17(23-14)24-3-4-25(15(26)10-24)12-6-11(18)8-20-9-12/h6-9H,2-5,10H2,1H3,(H2,19,27)(H,21,22,23). The van der Waals surface area contributed by atoms with Gasteiger partial charge >= 0.3 is 0 Å². The number of aromatic nitrogens is 3. The maximum absolute atomic E-state index is 13.4. The Morgan fingerprint density at radius 1 is 1.32 bits per heavy atom. The Morgan fingerprint density at radius 3 is 2.82 bits per heavy atom. The first-order valence-corrected chi connectivity index (χ1v) is 8.55. The predicted octanol–water partition coefficient (Wildman–Crippen LogP) is 0.0211. The second-order valence-corrected chi connectivity index (χ2v) is 6.05. The van der Waals surface area contributed by atoms with Crippen LogP contribution in [0, 0.1) is 5.82 Å². The Labute approximate surface area is 160 Å². The molecule has 3 N–H and O–H groups in total. The average Bonchev–Trinajstić information content (AvgIpc) is 2.68. The first-order valence-electron chi connectivity index (χ1n) is 8.55. The number of pyridine rings is 1. The van der Waals surface area contributed by atoms with E-state index in [1.54, 1.807) is 12.0 Å². The summed E-state index contributed by atoms with van der Waals surface area (Å²) in [5.41, 5.74) is 5.78. The average molecular weight is 389 g/mol. The minimum absolute atomic E-state index is 0.0315. The summed E-state index contributed by atoms with van der Waals surface area (Å²) in [7, 11) is 1.57. The summed E-state index contributed by atoms with van der Waals surface area (Å²) < 4.78 is 18.4. The fraction of sp³-hybridized carbons (Fsp3) is 0.353. The molecular formula is C17H20FN7O3. The summed E-state index contributed by atoms with van der Waals surface area (Å²) in [6, 6.07) is 2.70. The third kappa shape index (κ3) is 4.49. The van der Waals surface area contributed by atoms with Crippen LogP contribution >= 0.6 is 0 Å². The van der Waals surface area contributed by atoms with E-state index in [1.807, 2.05) is 0 Å². The number of hydrogen-bond acceptors (Lipinski definition) is 8. The number of halogens is 1. The van der Waals surface area contributed by atoms with E-state index in [9.17, 15) is 14.0 Å². The topological polar surface area (TPSA) is 127 Å². The number of rotatable bonds is 7. The molecule has 1 aliphatic heterocycles. The van der Waals surface area contributed by atoms with Gasteiger partial charge in [0.1, 0.15) is 23.9 Å². The van der Waals surface area contributed by atoms with Gasteiger partial charge in [-0.05, 0) is 0 Å². The fourth-order valence-corrected chi connectivity index (χ4v) is 2.74. The zero-order valence-corrected chi connectivity index (χ0v) is 15.3. The lowest BCUT2D eigenvalue weighted by Crippen LogP contribution is -2.51. The van der Waals surface area contributed by atoms with Crippen LogP contribution in [0.3, 0.4) is 0 Å². The molecule has 28 heavy (non-hydrogen) atoms. The number of carbonyl (C=O) groups excluding carboxylic acids is 2. The highest BCUT2D eigenvalue weighted by molar-refractivity contribution is 5.97. The Balaban J connectivity index is 1.78. The van der Waals surface area contributed by atoms with Gasteiger partial charge in [0.25, 0.3) is 5.91 Å². The molecule has 1 saturated heterocycles. The molecule has 0 radical (unpaired) electrons. The number of carbonyl (C=O) groups is 2. The van der Waals surface area contributed by atoms with Crippen LogP contribution in [0.25, 0.3) is 0 Å². The van der Waals surface area contributed by atoms with Crippen molar-refractivity contribution in [1.29, 1.82) is 0 Å². The van der Waals surface area contributed by atoms with Crippen LogP contribution in [-0.2, 0) is 9.53 Å². The Bertz CT molecular complexity index is 880. The second-order valence-electron chi connectivity index (χ2n) is 6.05. The maximum atomic E-state index is 13.4. The van der Waals surface area contributed by atoms with Crippen molar-refractivity contribution >= 4 is 29.3 Å². The van der Waals surface area contributed by atoms with Crippen molar-refractivity contribution in [3.63, 3.8) is 0 Å². The number of nitrogens with one attached hydrogen (secondary N) is 1. The highest BCUT2D eigenvalue weighted by Gasteiger charge is 2.28. The van der Waals surface area contributed by atoms with Gasteiger partial charge in [-0.3, -0.25) is 14.6 Å². The van der Waals surface area contributed by atoms with Gasteiger partial charge in [-0.15, -0.1) is 0 Å². The molecule has 3 heterocycles. The summed E-state index contributed by atoms with van der Waals surface area (Å²) in [6.07, 6.45) is 2.50. The van der Waals surface area contributed by atoms with Crippen LogP contribution < -0.4 is 20.9 Å². The highest BCUT2D eigenvalue weighted by Crippen LogP contribution is 2.20. The van der Waals surface area contributed by atoms with Crippen LogP contribution in [0.5, 0.6) is 0 Å². The van der Waals surface area contributed by atoms with Crippen molar-refractivity contribution in [2.24, 2.45) is 5.73 Å². The first-order chi connectivity index (χ1) is 13.5. The van der Waals surface area contributed by atoms with Crippen molar-refractivity contribution < 1.29 is 18.7 Å². The summed E-state index contributed by atoms with van der Waals surface area (Å²) in [5.74, 6) is -0.867. The van der Waals surface area contributed by atoms with Gasteiger partial charge in [0.15, 0.2) is 0 Å². The molecule has 0 aromatic carbocycles. The monoisotopic (exact) mass is 389 g/mol. The largest absolute Gasteiger partial charge is 0.383 e.